The molecular weight excluding hydrogens is 358 g/mol. The van der Waals surface area contributed by atoms with Gasteiger partial charge in [0.15, 0.2) is 0 Å². The quantitative estimate of drug-likeness (QED) is 0.695. The summed E-state index contributed by atoms with van der Waals surface area (Å²) in [4.78, 5) is 2.57. The van der Waals surface area contributed by atoms with Gasteiger partial charge in [-0.2, -0.15) is 5.26 Å². The van der Waals surface area contributed by atoms with Crippen LogP contribution in [0.3, 0.4) is 0 Å². The lowest BCUT2D eigenvalue weighted by atomic mass is 9.87. The van der Waals surface area contributed by atoms with Gasteiger partial charge in [0.1, 0.15) is 11.3 Å². The number of hydrogen-bond donors (Lipinski definition) is 1. The molecule has 3 aromatic rings. The Morgan fingerprint density at radius 1 is 1.07 bits per heavy atom. The topological polar surface area (TPSA) is 48.3 Å². The third kappa shape index (κ3) is 3.12. The minimum absolute atomic E-state index is 0.421. The number of methoxy groups -OCH3 is 1. The molecule has 2 aliphatic rings. The van der Waals surface area contributed by atoms with Crippen LogP contribution in [0, 0.1) is 11.3 Å². The highest BCUT2D eigenvalue weighted by molar-refractivity contribution is 5.91. The van der Waals surface area contributed by atoms with Crippen LogP contribution in [0.4, 0.5) is 5.69 Å². The minimum atomic E-state index is -0.527. The Labute approximate surface area is 171 Å². The van der Waals surface area contributed by atoms with Gasteiger partial charge >= 0.3 is 0 Å². The van der Waals surface area contributed by atoms with Gasteiger partial charge in [-0.25, -0.2) is 0 Å². The maximum absolute atomic E-state index is 9.98. The number of ether oxygens (including phenoxy) is 1. The summed E-state index contributed by atoms with van der Waals surface area (Å²) in [5.41, 5.74) is 3.32. The monoisotopic (exact) mass is 383 g/mol. The van der Waals surface area contributed by atoms with Gasteiger partial charge in [0.2, 0.25) is 0 Å². The molecule has 5 rings (SSSR count). The molecule has 146 valence electrons. The van der Waals surface area contributed by atoms with Gasteiger partial charge < -0.3 is 10.1 Å². The molecule has 4 nitrogen and oxygen atoms in total. The van der Waals surface area contributed by atoms with Crippen LogP contribution in [0.15, 0.2) is 60.7 Å². The largest absolute Gasteiger partial charge is 0.497 e. The van der Waals surface area contributed by atoms with Gasteiger partial charge in [-0.3, -0.25) is 4.90 Å². The van der Waals surface area contributed by atoms with Crippen LogP contribution < -0.4 is 10.1 Å². The van der Waals surface area contributed by atoms with Crippen LogP contribution in [0.5, 0.6) is 5.75 Å². The predicted molar refractivity (Wildman–Crippen MR) is 116 cm³/mol. The summed E-state index contributed by atoms with van der Waals surface area (Å²) in [5.74, 6) is 0.803. The SMILES string of the molecule is COc1cccc(NC2(C#N)CCN(C3Cc4cccc5cccc3c45)CC2)c1. The summed E-state index contributed by atoms with van der Waals surface area (Å²) in [6.45, 7) is 1.83. The Bertz CT molecular complexity index is 1090. The number of anilines is 1. The van der Waals surface area contributed by atoms with Gasteiger partial charge in [0.05, 0.1) is 13.2 Å². The second-order valence-electron chi connectivity index (χ2n) is 8.17. The van der Waals surface area contributed by atoms with E-state index in [9.17, 15) is 5.26 Å². The molecule has 1 saturated heterocycles. The van der Waals surface area contributed by atoms with E-state index < -0.39 is 5.54 Å². The highest BCUT2D eigenvalue weighted by Crippen LogP contribution is 2.42. The molecule has 0 saturated carbocycles. The van der Waals surface area contributed by atoms with E-state index in [0.29, 0.717) is 6.04 Å². The third-order valence-corrected chi connectivity index (χ3v) is 6.56. The molecule has 1 aliphatic carbocycles. The Balaban J connectivity index is 1.34. The zero-order valence-electron chi connectivity index (χ0n) is 16.7. The lowest BCUT2D eigenvalue weighted by Gasteiger charge is -2.41. The van der Waals surface area contributed by atoms with Crippen molar-refractivity contribution in [3.8, 4) is 11.8 Å². The van der Waals surface area contributed by atoms with E-state index >= 15 is 0 Å². The molecule has 1 heterocycles. The predicted octanol–water partition coefficient (Wildman–Crippen LogP) is 4.92. The fraction of sp³-hybridized carbons (Fsp3) is 0.320. The Kier molecular flexibility index (Phi) is 4.41. The summed E-state index contributed by atoms with van der Waals surface area (Å²) in [7, 11) is 1.66. The van der Waals surface area contributed by atoms with Gasteiger partial charge in [0, 0.05) is 30.9 Å². The van der Waals surface area contributed by atoms with Crippen LogP contribution in [0.1, 0.15) is 30.0 Å². The molecule has 0 spiro atoms. The number of piperidine rings is 1. The lowest BCUT2D eigenvalue weighted by Crippen LogP contribution is -2.49. The van der Waals surface area contributed by atoms with Gasteiger partial charge in [-0.15, -0.1) is 0 Å². The number of hydrogen-bond acceptors (Lipinski definition) is 4. The van der Waals surface area contributed by atoms with Crippen LogP contribution in [-0.4, -0.2) is 30.6 Å². The Morgan fingerprint density at radius 3 is 2.59 bits per heavy atom. The van der Waals surface area contributed by atoms with Crippen molar-refractivity contribution >= 4 is 16.5 Å². The number of nitrogens with one attached hydrogen (secondary N) is 1. The number of nitriles is 1. The highest BCUT2D eigenvalue weighted by atomic mass is 16.5. The van der Waals surface area contributed by atoms with E-state index in [1.807, 2.05) is 24.3 Å². The average molecular weight is 383 g/mol. The molecule has 1 aliphatic heterocycles. The number of likely N-dealkylation sites (tertiary alicyclic amines) is 1. The summed E-state index contributed by atoms with van der Waals surface area (Å²) < 4.78 is 5.32. The molecule has 4 heteroatoms. The molecule has 1 unspecified atom stereocenters. The molecule has 0 aromatic heterocycles. The maximum Gasteiger partial charge on any atom is 0.127 e. The van der Waals surface area contributed by atoms with Crippen LogP contribution in [-0.2, 0) is 6.42 Å². The second-order valence-corrected chi connectivity index (χ2v) is 8.17. The third-order valence-electron chi connectivity index (χ3n) is 6.56. The van der Waals surface area contributed by atoms with Crippen molar-refractivity contribution in [2.75, 3.05) is 25.5 Å². The smallest absolute Gasteiger partial charge is 0.127 e. The molecule has 0 bridgehead atoms. The summed E-state index contributed by atoms with van der Waals surface area (Å²) >= 11 is 0. The van der Waals surface area contributed by atoms with Crippen LogP contribution in [0.25, 0.3) is 10.8 Å². The molecular formula is C25H25N3O. The standard InChI is InChI=1S/C25H25N3O/c1-29-21-9-4-8-20(16-21)27-25(17-26)11-13-28(14-12-25)23-15-19-7-2-5-18-6-3-10-22(23)24(18)19/h2-10,16,23,27H,11-15H2,1H3. The molecule has 1 fully saturated rings. The molecule has 0 amide bonds. The van der Waals surface area contributed by atoms with Crippen molar-refractivity contribution in [1.82, 2.24) is 4.90 Å². The van der Waals surface area contributed by atoms with Gasteiger partial charge in [-0.05, 0) is 53.3 Å². The second kappa shape index (κ2) is 7.09. The van der Waals surface area contributed by atoms with Crippen molar-refractivity contribution in [3.05, 3.63) is 71.8 Å². The summed E-state index contributed by atoms with van der Waals surface area (Å²) in [6.07, 6.45) is 2.69. The molecule has 29 heavy (non-hydrogen) atoms. The van der Waals surface area contributed by atoms with E-state index in [1.165, 1.54) is 21.9 Å². The first-order chi connectivity index (χ1) is 14.2. The first-order valence-electron chi connectivity index (χ1n) is 10.3. The van der Waals surface area contributed by atoms with Crippen LogP contribution in [0.2, 0.25) is 0 Å². The normalized spacial score (nSPS) is 20.3. The van der Waals surface area contributed by atoms with E-state index in [-0.39, 0.29) is 0 Å². The average Bonchev–Trinajstić information content (AvgIpc) is 3.15. The number of nitrogens with zero attached hydrogens (tertiary/aromatic N) is 2. The fourth-order valence-corrected chi connectivity index (χ4v) is 5.00. The molecule has 3 aromatic carbocycles. The molecule has 1 atom stereocenters. The Morgan fingerprint density at radius 2 is 1.83 bits per heavy atom. The Hall–Kier alpha value is -3.03. The first kappa shape index (κ1) is 18.0. The summed E-state index contributed by atoms with van der Waals surface area (Å²) in [5, 5.41) is 16.3. The fourth-order valence-electron chi connectivity index (χ4n) is 5.00. The van der Waals surface area contributed by atoms with Crippen LogP contribution >= 0.6 is 0 Å². The van der Waals surface area contributed by atoms with Crippen molar-refractivity contribution in [3.63, 3.8) is 0 Å². The van der Waals surface area contributed by atoms with E-state index in [0.717, 1.165) is 43.8 Å². The zero-order valence-corrected chi connectivity index (χ0v) is 16.7. The van der Waals surface area contributed by atoms with Crippen molar-refractivity contribution in [1.29, 1.82) is 5.26 Å². The number of benzene rings is 3. The van der Waals surface area contributed by atoms with Crippen molar-refractivity contribution in [2.24, 2.45) is 0 Å². The van der Waals surface area contributed by atoms with Gasteiger partial charge in [-0.1, -0.05) is 42.5 Å². The minimum Gasteiger partial charge on any atom is -0.497 e. The van der Waals surface area contributed by atoms with E-state index in [4.69, 9.17) is 4.74 Å². The molecule has 0 radical (unpaired) electrons. The zero-order chi connectivity index (χ0) is 19.8. The van der Waals surface area contributed by atoms with Crippen molar-refractivity contribution in [2.45, 2.75) is 30.8 Å². The molecule has 1 N–H and O–H groups in total. The summed E-state index contributed by atoms with van der Waals surface area (Å²) in [6, 6.07) is 24.1. The highest BCUT2D eigenvalue weighted by Gasteiger charge is 2.38. The number of rotatable bonds is 4. The first-order valence-corrected chi connectivity index (χ1v) is 10.3. The van der Waals surface area contributed by atoms with Gasteiger partial charge in [0.25, 0.3) is 0 Å². The lowest BCUT2D eigenvalue weighted by molar-refractivity contribution is 0.144. The van der Waals surface area contributed by atoms with Crippen molar-refractivity contribution < 1.29 is 4.74 Å². The van der Waals surface area contributed by atoms with E-state index in [1.54, 1.807) is 7.11 Å². The van der Waals surface area contributed by atoms with E-state index in [2.05, 4.69) is 52.7 Å². The maximum atomic E-state index is 9.98.